The fourth-order valence-corrected chi connectivity index (χ4v) is 3.38. The number of hydrogen-bond acceptors (Lipinski definition) is 5. The van der Waals surface area contributed by atoms with Gasteiger partial charge < -0.3 is 5.11 Å². The summed E-state index contributed by atoms with van der Waals surface area (Å²) >= 11 is 0.120. The number of ether oxygens (including phenoxy) is 1. The molecule has 25 heavy (non-hydrogen) atoms. The summed E-state index contributed by atoms with van der Waals surface area (Å²) in [6.07, 6.45) is -19.8. The molecule has 0 radical (unpaired) electrons. The Balaban J connectivity index is 0. The Morgan fingerprint density at radius 1 is 0.680 bits per heavy atom. The monoisotopic (exact) mass is 415 g/mol. The Labute approximate surface area is 141 Å². The lowest BCUT2D eigenvalue weighted by atomic mass is 10.3. The minimum absolute atomic E-state index is 0.120. The predicted octanol–water partition coefficient (Wildman–Crippen LogP) is 1.74. The van der Waals surface area contributed by atoms with Gasteiger partial charge in [0, 0.05) is 42.3 Å². The van der Waals surface area contributed by atoms with E-state index in [2.05, 4.69) is 55.2 Å². The first-order chi connectivity index (χ1) is 10.7. The van der Waals surface area contributed by atoms with Crippen molar-refractivity contribution >= 4 is 11.5 Å². The lowest BCUT2D eigenvalue weighted by Gasteiger charge is -2.38. The molecule has 0 saturated heterocycles. The van der Waals surface area contributed by atoms with Crippen molar-refractivity contribution in [2.45, 2.75) is 24.5 Å². The van der Waals surface area contributed by atoms with Gasteiger partial charge in [-0.2, -0.15) is 17.6 Å². The fourth-order valence-electron chi connectivity index (χ4n) is 1.42. The molecule has 0 fully saturated rings. The van der Waals surface area contributed by atoms with E-state index >= 15 is 0 Å². The third-order valence-corrected chi connectivity index (χ3v) is 3.93. The summed E-state index contributed by atoms with van der Waals surface area (Å²) in [6.45, 7) is 0. The van der Waals surface area contributed by atoms with Crippen molar-refractivity contribution in [1.29, 1.82) is 0 Å². The molecule has 154 valence electrons. The van der Waals surface area contributed by atoms with Crippen molar-refractivity contribution in [3.8, 4) is 0 Å². The average Bonchev–Trinajstić information content (AvgIpc) is 2.21. The van der Waals surface area contributed by atoms with Gasteiger partial charge in [0.15, 0.2) is 0 Å². The normalized spacial score (nSPS) is 16.3. The third kappa shape index (κ3) is 8.63. The van der Waals surface area contributed by atoms with Crippen LogP contribution in [0, 0.1) is 0 Å². The van der Waals surface area contributed by atoms with Gasteiger partial charge in [0.05, 0.1) is 0 Å². The number of alkyl halides is 9. The zero-order valence-corrected chi connectivity index (χ0v) is 14.8. The second-order valence-corrected chi connectivity index (χ2v) is 7.52. The van der Waals surface area contributed by atoms with Crippen LogP contribution >= 0.6 is 0 Å². The van der Waals surface area contributed by atoms with Gasteiger partial charge in [-0.15, -0.1) is 13.2 Å². The molecular weight excluding hydrogens is 397 g/mol. The van der Waals surface area contributed by atoms with E-state index < -0.39 is 24.5 Å². The first-order valence-electron chi connectivity index (χ1n) is 6.04. The van der Waals surface area contributed by atoms with E-state index in [1.807, 2.05) is 0 Å². The Kier molecular flexibility index (Phi) is 9.57. The zero-order chi connectivity index (χ0) is 21.0. The summed E-state index contributed by atoms with van der Waals surface area (Å²) in [5.74, 6) is -6.65. The summed E-state index contributed by atoms with van der Waals surface area (Å²) in [7, 11) is 12.5. The molecule has 0 aliphatic rings. The van der Waals surface area contributed by atoms with Crippen molar-refractivity contribution in [2.75, 3.05) is 42.3 Å². The molecule has 5 nitrogen and oxygen atoms in total. The van der Waals surface area contributed by atoms with Gasteiger partial charge in [-0.05, 0) is 0 Å². The van der Waals surface area contributed by atoms with Gasteiger partial charge in [0.1, 0.15) is 0 Å². The van der Waals surface area contributed by atoms with Crippen LogP contribution in [0.3, 0.4) is 0 Å². The van der Waals surface area contributed by atoms with Crippen LogP contribution in [0.15, 0.2) is 0 Å². The SMILES string of the molecule is CN(C)[S+](N(C)C)N(C)C.[O-]C(F)(F)C(F)(OC(F)(F)F)C(F)(F)F. The summed E-state index contributed by atoms with van der Waals surface area (Å²) in [5.41, 5.74) is 0. The molecule has 0 aliphatic carbocycles. The van der Waals surface area contributed by atoms with Gasteiger partial charge in [-0.3, -0.25) is 0 Å². The predicted molar refractivity (Wildman–Crippen MR) is 70.4 cm³/mol. The zero-order valence-electron chi connectivity index (χ0n) is 14.0. The van der Waals surface area contributed by atoms with Crippen molar-refractivity contribution < 1.29 is 49.4 Å². The van der Waals surface area contributed by atoms with Gasteiger partial charge >= 0.3 is 18.4 Å². The third-order valence-electron chi connectivity index (χ3n) is 1.98. The standard InChI is InChI=1S/C6H18N3S.C4F9O2/c1-7(2)10(8(3)4)9(5)6;5-1(2(6,7)8,3(9,10)14)15-4(11,12)13/h1-6H3;/q+1;-1. The molecule has 0 amide bonds. The highest BCUT2D eigenvalue weighted by Gasteiger charge is 2.71. The number of halogens is 9. The minimum Gasteiger partial charge on any atom is -0.794 e. The van der Waals surface area contributed by atoms with E-state index in [4.69, 9.17) is 0 Å². The van der Waals surface area contributed by atoms with E-state index in [1.54, 1.807) is 0 Å². The topological polar surface area (TPSA) is 42.0 Å². The Hall–Kier alpha value is -0.480. The molecule has 0 saturated carbocycles. The second-order valence-electron chi connectivity index (χ2n) is 4.84. The van der Waals surface area contributed by atoms with Gasteiger partial charge in [0.2, 0.25) is 0 Å². The van der Waals surface area contributed by atoms with Crippen LogP contribution in [0.5, 0.6) is 0 Å². The van der Waals surface area contributed by atoms with E-state index in [9.17, 15) is 44.6 Å². The highest BCUT2D eigenvalue weighted by atomic mass is 32.2. The Morgan fingerprint density at radius 3 is 1.00 bits per heavy atom. The van der Waals surface area contributed by atoms with Crippen LogP contribution in [0.1, 0.15) is 0 Å². The first-order valence-corrected chi connectivity index (χ1v) is 7.14. The molecule has 0 aliphatic heterocycles. The summed E-state index contributed by atoms with van der Waals surface area (Å²) in [5, 5.41) is 9.40. The number of rotatable bonds is 5. The molecule has 0 aromatic heterocycles. The Bertz CT molecular complexity index is 364. The molecular formula is C10H18F9N3O2S. The average molecular weight is 415 g/mol. The summed E-state index contributed by atoms with van der Waals surface area (Å²) in [6, 6.07) is 0. The van der Waals surface area contributed by atoms with E-state index in [0.717, 1.165) is 0 Å². The molecule has 1 atom stereocenters. The smallest absolute Gasteiger partial charge is 0.525 e. The van der Waals surface area contributed by atoms with Crippen LogP contribution in [-0.2, 0) is 16.2 Å². The van der Waals surface area contributed by atoms with Crippen LogP contribution in [0.2, 0.25) is 0 Å². The number of nitrogens with zero attached hydrogens (tertiary/aromatic N) is 3. The van der Waals surface area contributed by atoms with Crippen LogP contribution in [0.4, 0.5) is 39.5 Å². The summed E-state index contributed by atoms with van der Waals surface area (Å²) in [4.78, 5) is 0. The molecule has 0 bridgehead atoms. The van der Waals surface area contributed by atoms with Gasteiger partial charge in [0.25, 0.3) is 17.6 Å². The lowest BCUT2D eigenvalue weighted by Crippen LogP contribution is -2.65. The van der Waals surface area contributed by atoms with Crippen molar-refractivity contribution in [3.63, 3.8) is 0 Å². The minimum atomic E-state index is -6.83. The van der Waals surface area contributed by atoms with Crippen molar-refractivity contribution in [1.82, 2.24) is 12.9 Å². The second kappa shape index (κ2) is 8.94. The maximum Gasteiger partial charge on any atom is 0.525 e. The van der Waals surface area contributed by atoms with E-state index in [0.29, 0.717) is 0 Å². The van der Waals surface area contributed by atoms with Crippen molar-refractivity contribution in [3.05, 3.63) is 0 Å². The van der Waals surface area contributed by atoms with Crippen molar-refractivity contribution in [2.24, 2.45) is 0 Å². The molecule has 0 heterocycles. The molecule has 1 unspecified atom stereocenters. The van der Waals surface area contributed by atoms with Gasteiger partial charge in [-0.1, -0.05) is 12.9 Å². The van der Waals surface area contributed by atoms with E-state index in [1.165, 1.54) is 4.74 Å². The Morgan fingerprint density at radius 2 is 0.960 bits per heavy atom. The quantitative estimate of drug-likeness (QED) is 0.506. The number of hydrogen-bond donors (Lipinski definition) is 0. The molecule has 0 rings (SSSR count). The fraction of sp³-hybridized carbons (Fsp3) is 1.00. The molecule has 15 heteroatoms. The van der Waals surface area contributed by atoms with E-state index in [-0.39, 0.29) is 11.5 Å². The van der Waals surface area contributed by atoms with Gasteiger partial charge in [-0.25, -0.2) is 13.5 Å². The highest BCUT2D eigenvalue weighted by molar-refractivity contribution is 7.90. The molecule has 0 spiro atoms. The maximum absolute atomic E-state index is 12.2. The highest BCUT2D eigenvalue weighted by Crippen LogP contribution is 2.46. The molecule has 0 aromatic carbocycles. The lowest BCUT2D eigenvalue weighted by molar-refractivity contribution is -0.656. The molecule has 0 aromatic rings. The van der Waals surface area contributed by atoms with Crippen LogP contribution < -0.4 is 5.11 Å². The maximum atomic E-state index is 12.2. The van der Waals surface area contributed by atoms with Crippen LogP contribution in [-0.4, -0.2) is 79.7 Å². The summed E-state index contributed by atoms with van der Waals surface area (Å²) < 4.78 is 111. The molecule has 0 N–H and O–H groups in total. The largest absolute Gasteiger partial charge is 0.794 e. The first kappa shape index (κ1) is 26.7. The van der Waals surface area contributed by atoms with Crippen LogP contribution in [0.25, 0.3) is 0 Å².